The number of hydrogen-bond acceptors (Lipinski definition) is 3. The van der Waals surface area contributed by atoms with Gasteiger partial charge in [-0.25, -0.2) is 0 Å². The molecule has 134 valence electrons. The molecule has 2 amide bonds. The predicted molar refractivity (Wildman–Crippen MR) is 92.0 cm³/mol. The van der Waals surface area contributed by atoms with Gasteiger partial charge in [-0.15, -0.1) is 0 Å². The van der Waals surface area contributed by atoms with Gasteiger partial charge < -0.3 is 15.3 Å². The molecule has 5 heteroatoms. The highest BCUT2D eigenvalue weighted by molar-refractivity contribution is 5.87. The van der Waals surface area contributed by atoms with Crippen molar-refractivity contribution in [3.8, 4) is 0 Å². The Kier molecular flexibility index (Phi) is 8.03. The van der Waals surface area contributed by atoms with E-state index in [1.54, 1.807) is 11.8 Å². The van der Waals surface area contributed by atoms with Crippen molar-refractivity contribution in [1.29, 1.82) is 0 Å². The van der Waals surface area contributed by atoms with Crippen LogP contribution >= 0.6 is 0 Å². The molecule has 0 aromatic carbocycles. The average molecular weight is 326 g/mol. The molecule has 1 aliphatic rings. The fourth-order valence-corrected chi connectivity index (χ4v) is 2.94. The van der Waals surface area contributed by atoms with Gasteiger partial charge in [0, 0.05) is 19.5 Å². The second-order valence-corrected chi connectivity index (χ2v) is 7.50. The van der Waals surface area contributed by atoms with E-state index >= 15 is 0 Å². The van der Waals surface area contributed by atoms with Crippen LogP contribution in [0.2, 0.25) is 0 Å². The standard InChI is InChI=1S/C18H34N2O3/c1-5-8-16(21)20-12-7-6-9-15(20)17(22)19-13-18(4,23)11-10-14(2)3/h14-15,23H,5-13H2,1-4H3,(H,19,22)/t15-,18+/m1/s1. The summed E-state index contributed by atoms with van der Waals surface area (Å²) in [7, 11) is 0. The molecular weight excluding hydrogens is 292 g/mol. The Bertz CT molecular complexity index is 394. The molecule has 0 saturated carbocycles. The first-order chi connectivity index (χ1) is 10.8. The third kappa shape index (κ3) is 6.90. The summed E-state index contributed by atoms with van der Waals surface area (Å²) in [6, 6.07) is -0.372. The molecule has 0 spiro atoms. The maximum absolute atomic E-state index is 12.5. The Morgan fingerprint density at radius 2 is 2.04 bits per heavy atom. The summed E-state index contributed by atoms with van der Waals surface area (Å²) in [5.41, 5.74) is -0.896. The summed E-state index contributed by atoms with van der Waals surface area (Å²) >= 11 is 0. The zero-order valence-electron chi connectivity index (χ0n) is 15.2. The molecule has 0 aliphatic carbocycles. The van der Waals surface area contributed by atoms with Gasteiger partial charge >= 0.3 is 0 Å². The minimum absolute atomic E-state index is 0.0684. The van der Waals surface area contributed by atoms with Crippen LogP contribution in [0.5, 0.6) is 0 Å². The van der Waals surface area contributed by atoms with E-state index in [0.717, 1.165) is 32.1 Å². The molecule has 0 aromatic heterocycles. The van der Waals surface area contributed by atoms with E-state index in [4.69, 9.17) is 0 Å². The van der Waals surface area contributed by atoms with Crippen LogP contribution in [0.25, 0.3) is 0 Å². The molecule has 1 saturated heterocycles. The van der Waals surface area contributed by atoms with Gasteiger partial charge in [0.2, 0.25) is 11.8 Å². The number of carbonyl (C=O) groups is 2. The first-order valence-corrected chi connectivity index (χ1v) is 9.06. The van der Waals surface area contributed by atoms with E-state index in [-0.39, 0.29) is 24.4 Å². The zero-order valence-corrected chi connectivity index (χ0v) is 15.2. The second kappa shape index (κ2) is 9.26. The molecule has 1 heterocycles. The molecule has 1 aliphatic heterocycles. The summed E-state index contributed by atoms with van der Waals surface area (Å²) < 4.78 is 0. The largest absolute Gasteiger partial charge is 0.388 e. The summed E-state index contributed by atoms with van der Waals surface area (Å²) in [5.74, 6) is 0.468. The fraction of sp³-hybridized carbons (Fsp3) is 0.889. The van der Waals surface area contributed by atoms with Crippen molar-refractivity contribution < 1.29 is 14.7 Å². The van der Waals surface area contributed by atoms with Gasteiger partial charge in [-0.2, -0.15) is 0 Å². The third-order valence-electron chi connectivity index (χ3n) is 4.49. The first-order valence-electron chi connectivity index (χ1n) is 9.06. The molecule has 5 nitrogen and oxygen atoms in total. The van der Waals surface area contributed by atoms with Crippen LogP contribution in [0, 0.1) is 5.92 Å². The van der Waals surface area contributed by atoms with Crippen LogP contribution < -0.4 is 5.32 Å². The van der Waals surface area contributed by atoms with Crippen molar-refractivity contribution in [3.63, 3.8) is 0 Å². The Hall–Kier alpha value is -1.10. The van der Waals surface area contributed by atoms with Crippen LogP contribution in [0.3, 0.4) is 0 Å². The Balaban J connectivity index is 2.55. The molecule has 1 rings (SSSR count). The van der Waals surface area contributed by atoms with Gasteiger partial charge in [-0.05, 0) is 51.4 Å². The van der Waals surface area contributed by atoms with Crippen molar-refractivity contribution in [1.82, 2.24) is 10.2 Å². The van der Waals surface area contributed by atoms with Crippen LogP contribution in [-0.4, -0.2) is 46.6 Å². The fourth-order valence-electron chi connectivity index (χ4n) is 2.94. The number of nitrogens with zero attached hydrogens (tertiary/aromatic N) is 1. The Labute approximate surface area is 140 Å². The van der Waals surface area contributed by atoms with Crippen molar-refractivity contribution in [2.75, 3.05) is 13.1 Å². The lowest BCUT2D eigenvalue weighted by molar-refractivity contribution is -0.142. The van der Waals surface area contributed by atoms with E-state index in [0.29, 0.717) is 25.3 Å². The van der Waals surface area contributed by atoms with Crippen LogP contribution in [-0.2, 0) is 9.59 Å². The number of nitrogens with one attached hydrogen (secondary N) is 1. The SMILES string of the molecule is CCCC(=O)N1CCCC[C@@H]1C(=O)NC[C@@](C)(O)CCC(C)C. The highest BCUT2D eigenvalue weighted by Gasteiger charge is 2.32. The maximum atomic E-state index is 12.5. The number of hydrogen-bond donors (Lipinski definition) is 2. The van der Waals surface area contributed by atoms with Crippen molar-refractivity contribution in [3.05, 3.63) is 0 Å². The van der Waals surface area contributed by atoms with Crippen LogP contribution in [0.15, 0.2) is 0 Å². The molecule has 0 unspecified atom stereocenters. The maximum Gasteiger partial charge on any atom is 0.242 e. The number of carbonyl (C=O) groups excluding carboxylic acids is 2. The van der Waals surface area contributed by atoms with Crippen LogP contribution in [0.4, 0.5) is 0 Å². The molecule has 0 bridgehead atoms. The molecular formula is C18H34N2O3. The number of amides is 2. The van der Waals surface area contributed by atoms with Gasteiger partial charge in [-0.3, -0.25) is 9.59 Å². The van der Waals surface area contributed by atoms with Gasteiger partial charge in [0.1, 0.15) is 6.04 Å². The first kappa shape index (κ1) is 19.9. The lowest BCUT2D eigenvalue weighted by atomic mass is 9.95. The summed E-state index contributed by atoms with van der Waals surface area (Å²) in [5, 5.41) is 13.2. The number of likely N-dealkylation sites (tertiary alicyclic amines) is 1. The van der Waals surface area contributed by atoms with Gasteiger partial charge in [-0.1, -0.05) is 20.8 Å². The minimum atomic E-state index is -0.896. The third-order valence-corrected chi connectivity index (χ3v) is 4.49. The van der Waals surface area contributed by atoms with Gasteiger partial charge in [0.25, 0.3) is 0 Å². The van der Waals surface area contributed by atoms with Gasteiger partial charge in [0.15, 0.2) is 0 Å². The highest BCUT2D eigenvalue weighted by Crippen LogP contribution is 2.20. The quantitative estimate of drug-likeness (QED) is 0.720. The Morgan fingerprint density at radius 3 is 2.65 bits per heavy atom. The van der Waals surface area contributed by atoms with Crippen molar-refractivity contribution in [2.24, 2.45) is 5.92 Å². The average Bonchev–Trinajstić information content (AvgIpc) is 2.51. The molecule has 2 atom stereocenters. The van der Waals surface area contributed by atoms with E-state index < -0.39 is 5.60 Å². The number of aliphatic hydroxyl groups is 1. The van der Waals surface area contributed by atoms with E-state index in [1.165, 1.54) is 0 Å². The summed E-state index contributed by atoms with van der Waals surface area (Å²) in [6.07, 6.45) is 5.53. The molecule has 0 aromatic rings. The second-order valence-electron chi connectivity index (χ2n) is 7.50. The topological polar surface area (TPSA) is 69.6 Å². The number of rotatable bonds is 8. The van der Waals surface area contributed by atoms with E-state index in [2.05, 4.69) is 19.2 Å². The molecule has 1 fully saturated rings. The highest BCUT2D eigenvalue weighted by atomic mass is 16.3. The minimum Gasteiger partial charge on any atom is -0.388 e. The van der Waals surface area contributed by atoms with Crippen molar-refractivity contribution in [2.45, 2.75) is 84.3 Å². The van der Waals surface area contributed by atoms with Crippen molar-refractivity contribution >= 4 is 11.8 Å². The molecule has 2 N–H and O–H groups in total. The zero-order chi connectivity index (χ0) is 17.5. The van der Waals surface area contributed by atoms with E-state index in [9.17, 15) is 14.7 Å². The predicted octanol–water partition coefficient (Wildman–Crippen LogP) is 2.47. The summed E-state index contributed by atoms with van der Waals surface area (Å²) in [6.45, 7) is 8.88. The van der Waals surface area contributed by atoms with E-state index in [1.807, 2.05) is 6.92 Å². The van der Waals surface area contributed by atoms with Crippen LogP contribution in [0.1, 0.15) is 72.6 Å². The lowest BCUT2D eigenvalue weighted by Gasteiger charge is -2.35. The molecule has 0 radical (unpaired) electrons. The normalized spacial score (nSPS) is 21.1. The lowest BCUT2D eigenvalue weighted by Crippen LogP contribution is -2.54. The number of piperidine rings is 1. The smallest absolute Gasteiger partial charge is 0.242 e. The van der Waals surface area contributed by atoms with Gasteiger partial charge in [0.05, 0.1) is 5.60 Å². The molecule has 23 heavy (non-hydrogen) atoms. The monoisotopic (exact) mass is 326 g/mol. The summed E-state index contributed by atoms with van der Waals surface area (Å²) in [4.78, 5) is 26.4. The Morgan fingerprint density at radius 1 is 1.35 bits per heavy atom.